The van der Waals surface area contributed by atoms with Crippen LogP contribution in [0.25, 0.3) is 10.2 Å². The topological polar surface area (TPSA) is 84.8 Å². The van der Waals surface area contributed by atoms with E-state index in [2.05, 4.69) is 38.0 Å². The van der Waals surface area contributed by atoms with Gasteiger partial charge in [-0.05, 0) is 59.5 Å². The highest BCUT2D eigenvalue weighted by Crippen LogP contribution is 2.33. The molecule has 0 radical (unpaired) electrons. The number of ether oxygens (including phenoxy) is 2. The molecule has 0 unspecified atom stereocenters. The van der Waals surface area contributed by atoms with E-state index >= 15 is 0 Å². The quantitative estimate of drug-likeness (QED) is 0.173. The number of nitrogens with one attached hydrogen (secondary N) is 2. The second-order valence-electron chi connectivity index (χ2n) is 7.95. The Kier molecular flexibility index (Phi) is 8.19. The second-order valence-corrected chi connectivity index (χ2v) is 9.54. The van der Waals surface area contributed by atoms with Crippen LogP contribution in [0.4, 0.5) is 23.7 Å². The van der Waals surface area contributed by atoms with Crippen LogP contribution in [-0.4, -0.2) is 23.6 Å². The van der Waals surface area contributed by atoms with Crippen molar-refractivity contribution in [3.63, 3.8) is 0 Å². The van der Waals surface area contributed by atoms with Crippen LogP contribution in [0.3, 0.4) is 0 Å². The number of hydrogen-bond acceptors (Lipinski definition) is 7. The number of urea groups is 1. The Morgan fingerprint density at radius 2 is 1.81 bits per heavy atom. The van der Waals surface area contributed by atoms with Gasteiger partial charge in [-0.1, -0.05) is 49.4 Å². The predicted molar refractivity (Wildman–Crippen MR) is 141 cm³/mol. The van der Waals surface area contributed by atoms with E-state index in [0.717, 1.165) is 33.6 Å². The minimum absolute atomic E-state index is 0.270. The fraction of sp³-hybridized carbons (Fsp3) is 0.160. The third-order valence-electron chi connectivity index (χ3n) is 4.88. The number of amides is 2. The second kappa shape index (κ2) is 11.5. The van der Waals surface area contributed by atoms with E-state index < -0.39 is 6.36 Å². The Bertz CT molecular complexity index is 1410. The van der Waals surface area contributed by atoms with Gasteiger partial charge < -0.3 is 14.8 Å². The number of hydrogen-bond donors (Lipinski definition) is 2. The molecule has 2 N–H and O–H groups in total. The van der Waals surface area contributed by atoms with Crippen molar-refractivity contribution in [3.8, 4) is 16.7 Å². The van der Waals surface area contributed by atoms with Crippen LogP contribution in [0.2, 0.25) is 0 Å². The maximum Gasteiger partial charge on any atom is 0.573 e. The van der Waals surface area contributed by atoms with Gasteiger partial charge in [0.25, 0.3) is 5.19 Å². The molecule has 12 heteroatoms. The van der Waals surface area contributed by atoms with Gasteiger partial charge in [-0.3, -0.25) is 4.72 Å². The molecule has 0 saturated heterocycles. The van der Waals surface area contributed by atoms with Crippen LogP contribution >= 0.6 is 23.5 Å². The molecule has 0 aliphatic carbocycles. The summed E-state index contributed by atoms with van der Waals surface area (Å²) in [5, 5.41) is 3.16. The van der Waals surface area contributed by atoms with Crippen LogP contribution in [-0.2, 0) is 0 Å². The normalized spacial score (nSPS) is 11.7. The standard InChI is InChI=1S/C25H21F3N4O3S2/c1-15(2)19-5-3-4-6-20(19)30-23(33)32-37-29-14-16-7-12-22-21(13-16)31-24(36-22)34-17-8-10-18(11-9-17)35-25(26,27)28/h3-15H,1-2H3,(H2,30,32,33)/b29-14-. The zero-order valence-corrected chi connectivity index (χ0v) is 21.2. The number of para-hydroxylation sites is 1. The number of rotatable bonds is 8. The molecule has 2 amide bonds. The summed E-state index contributed by atoms with van der Waals surface area (Å²) in [4.78, 5) is 16.6. The molecule has 0 bridgehead atoms. The number of anilines is 1. The summed E-state index contributed by atoms with van der Waals surface area (Å²) < 4.78 is 54.0. The summed E-state index contributed by atoms with van der Waals surface area (Å²) in [6.45, 7) is 4.11. The summed E-state index contributed by atoms with van der Waals surface area (Å²) in [6, 6.07) is 17.8. The molecule has 0 atom stereocenters. The van der Waals surface area contributed by atoms with Crippen LogP contribution < -0.4 is 19.5 Å². The Labute approximate surface area is 219 Å². The lowest BCUT2D eigenvalue weighted by Gasteiger charge is -2.13. The van der Waals surface area contributed by atoms with E-state index in [0.29, 0.717) is 16.5 Å². The van der Waals surface area contributed by atoms with Gasteiger partial charge in [0.05, 0.1) is 22.4 Å². The smallest absolute Gasteiger partial charge is 0.431 e. The summed E-state index contributed by atoms with van der Waals surface area (Å²) in [7, 11) is 0. The number of nitrogens with zero attached hydrogens (tertiary/aromatic N) is 2. The molecular formula is C25H21F3N4O3S2. The number of carbonyl (C=O) groups is 1. The fourth-order valence-corrected chi connectivity index (χ4v) is 4.45. The van der Waals surface area contributed by atoms with Gasteiger partial charge in [-0.2, -0.15) is 0 Å². The molecule has 1 heterocycles. The zero-order chi connectivity index (χ0) is 26.4. The van der Waals surface area contributed by atoms with Crippen LogP contribution in [0.1, 0.15) is 30.9 Å². The van der Waals surface area contributed by atoms with E-state index in [-0.39, 0.29) is 17.7 Å². The van der Waals surface area contributed by atoms with E-state index in [1.54, 1.807) is 6.21 Å². The number of alkyl halides is 3. The van der Waals surface area contributed by atoms with Gasteiger partial charge in [-0.25, -0.2) is 14.2 Å². The number of halogens is 3. The lowest BCUT2D eigenvalue weighted by atomic mass is 10.0. The number of carbonyl (C=O) groups excluding carboxylic acids is 1. The van der Waals surface area contributed by atoms with Crippen molar-refractivity contribution < 1.29 is 27.4 Å². The van der Waals surface area contributed by atoms with Crippen molar-refractivity contribution >= 4 is 51.6 Å². The minimum Gasteiger partial charge on any atom is -0.431 e. The largest absolute Gasteiger partial charge is 0.573 e. The molecule has 7 nitrogen and oxygen atoms in total. The Morgan fingerprint density at radius 1 is 1.08 bits per heavy atom. The van der Waals surface area contributed by atoms with Crippen molar-refractivity contribution in [1.29, 1.82) is 0 Å². The molecule has 37 heavy (non-hydrogen) atoms. The van der Waals surface area contributed by atoms with Crippen molar-refractivity contribution in [2.45, 2.75) is 26.1 Å². The molecule has 0 saturated carbocycles. The van der Waals surface area contributed by atoms with E-state index in [4.69, 9.17) is 4.74 Å². The SMILES string of the molecule is CC(C)c1ccccc1NC(=O)NS/N=C\c1ccc2sc(Oc3ccc(OC(F)(F)F)cc3)nc2c1. The molecule has 192 valence electrons. The number of fused-ring (bicyclic) bond motifs is 1. The van der Waals surface area contributed by atoms with Crippen LogP contribution in [0.5, 0.6) is 16.7 Å². The Balaban J connectivity index is 1.32. The average Bonchev–Trinajstić information content (AvgIpc) is 3.24. The van der Waals surface area contributed by atoms with Crippen molar-refractivity contribution in [2.24, 2.45) is 4.40 Å². The molecule has 4 aromatic rings. The maximum atomic E-state index is 12.3. The average molecular weight is 547 g/mol. The van der Waals surface area contributed by atoms with Crippen molar-refractivity contribution in [1.82, 2.24) is 9.71 Å². The van der Waals surface area contributed by atoms with Gasteiger partial charge in [0.1, 0.15) is 11.5 Å². The molecule has 0 spiro atoms. The summed E-state index contributed by atoms with van der Waals surface area (Å²) >= 11 is 2.18. The molecule has 0 aliphatic heterocycles. The van der Waals surface area contributed by atoms with Crippen LogP contribution in [0, 0.1) is 0 Å². The number of thiazole rings is 1. The van der Waals surface area contributed by atoms with E-state index in [1.807, 2.05) is 42.5 Å². The monoisotopic (exact) mass is 546 g/mol. The van der Waals surface area contributed by atoms with Gasteiger partial charge in [0.2, 0.25) is 0 Å². The van der Waals surface area contributed by atoms with Gasteiger partial charge in [0.15, 0.2) is 0 Å². The highest BCUT2D eigenvalue weighted by atomic mass is 32.2. The summed E-state index contributed by atoms with van der Waals surface area (Å²) in [6.07, 6.45) is -3.16. The Morgan fingerprint density at radius 3 is 2.54 bits per heavy atom. The first-order chi connectivity index (χ1) is 17.7. The van der Waals surface area contributed by atoms with Crippen molar-refractivity contribution in [2.75, 3.05) is 5.32 Å². The molecule has 0 aliphatic rings. The van der Waals surface area contributed by atoms with Gasteiger partial charge in [-0.15, -0.1) is 13.2 Å². The molecule has 4 rings (SSSR count). The first kappa shape index (κ1) is 26.3. The summed E-state index contributed by atoms with van der Waals surface area (Å²) in [5.74, 6) is 0.262. The lowest BCUT2D eigenvalue weighted by molar-refractivity contribution is -0.274. The van der Waals surface area contributed by atoms with Gasteiger partial charge in [0, 0.05) is 11.9 Å². The number of aromatic nitrogens is 1. The Hall–Kier alpha value is -3.77. The minimum atomic E-state index is -4.75. The van der Waals surface area contributed by atoms with E-state index in [9.17, 15) is 18.0 Å². The first-order valence-electron chi connectivity index (χ1n) is 11.0. The van der Waals surface area contributed by atoms with Gasteiger partial charge >= 0.3 is 12.4 Å². The van der Waals surface area contributed by atoms with E-state index in [1.165, 1.54) is 35.6 Å². The number of benzene rings is 3. The fourth-order valence-electron chi connectivity index (χ4n) is 3.27. The molecule has 3 aromatic carbocycles. The van der Waals surface area contributed by atoms with Crippen molar-refractivity contribution in [3.05, 3.63) is 77.9 Å². The highest BCUT2D eigenvalue weighted by molar-refractivity contribution is 7.96. The first-order valence-corrected chi connectivity index (χ1v) is 12.5. The predicted octanol–water partition coefficient (Wildman–Crippen LogP) is 7.91. The lowest BCUT2D eigenvalue weighted by Crippen LogP contribution is -2.23. The highest BCUT2D eigenvalue weighted by Gasteiger charge is 2.31. The zero-order valence-electron chi connectivity index (χ0n) is 19.6. The summed E-state index contributed by atoms with van der Waals surface area (Å²) in [5.41, 5.74) is 3.22. The molecular weight excluding hydrogens is 525 g/mol. The third kappa shape index (κ3) is 7.61. The molecule has 0 fully saturated rings. The van der Waals surface area contributed by atoms with Crippen LogP contribution in [0.15, 0.2) is 71.1 Å². The maximum absolute atomic E-state index is 12.3. The molecule has 1 aromatic heterocycles. The third-order valence-corrected chi connectivity index (χ3v) is 6.28.